The summed E-state index contributed by atoms with van der Waals surface area (Å²) in [7, 11) is 1.78. The first kappa shape index (κ1) is 23.9. The standard InChI is InChI=1S/C30H29FN6O/c1-36-29(38)26(27(32)37-25-9-5-8-24(25)35-30(36)37)28(34-23-6-3-2-4-7-23)33-18-19-10-12-20(13-11-19)21-14-16-22(31)17-15-21/h2-4,6-7,10-17,24-25H,5,8-9,18H2,1H3,(H3,32,33,34,38)/p+1/t24-,25+/m1/s1. The Morgan fingerprint density at radius 1 is 1.05 bits per heavy atom. The lowest BCUT2D eigenvalue weighted by atomic mass is 10.0. The molecule has 0 radical (unpaired) electrons. The van der Waals surface area contributed by atoms with Crippen LogP contribution in [0.2, 0.25) is 0 Å². The first-order valence-corrected chi connectivity index (χ1v) is 12.9. The van der Waals surface area contributed by atoms with E-state index >= 15 is 0 Å². The minimum absolute atomic E-state index is 0.199. The summed E-state index contributed by atoms with van der Waals surface area (Å²) < 4.78 is 17.0. The lowest BCUT2D eigenvalue weighted by molar-refractivity contribution is -0.688. The number of hydrogen-bond donors (Lipinski definition) is 3. The van der Waals surface area contributed by atoms with Gasteiger partial charge in [-0.05, 0) is 60.2 Å². The van der Waals surface area contributed by atoms with Crippen LogP contribution in [0.5, 0.6) is 0 Å². The average Bonchev–Trinajstić information content (AvgIpc) is 3.54. The Morgan fingerprint density at radius 2 is 1.74 bits per heavy atom. The highest BCUT2D eigenvalue weighted by Crippen LogP contribution is 2.34. The second kappa shape index (κ2) is 9.78. The Kier molecular flexibility index (Phi) is 6.15. The monoisotopic (exact) mass is 509 g/mol. The third-order valence-corrected chi connectivity index (χ3v) is 7.53. The molecule has 0 bridgehead atoms. The van der Waals surface area contributed by atoms with Crippen LogP contribution in [-0.4, -0.2) is 16.4 Å². The van der Waals surface area contributed by atoms with Crippen molar-refractivity contribution < 1.29 is 8.96 Å². The maximum absolute atomic E-state index is 13.6. The van der Waals surface area contributed by atoms with Crippen molar-refractivity contribution in [2.75, 3.05) is 16.4 Å². The summed E-state index contributed by atoms with van der Waals surface area (Å²) in [6.07, 6.45) is 3.21. The van der Waals surface area contributed by atoms with Crippen molar-refractivity contribution in [3.8, 4) is 11.1 Å². The van der Waals surface area contributed by atoms with Crippen LogP contribution in [0.4, 0.5) is 21.8 Å². The van der Waals surface area contributed by atoms with Crippen molar-refractivity contribution in [1.29, 1.82) is 0 Å². The summed E-state index contributed by atoms with van der Waals surface area (Å²) in [4.78, 5) is 18.5. The van der Waals surface area contributed by atoms with Gasteiger partial charge in [-0.25, -0.2) is 13.5 Å². The van der Waals surface area contributed by atoms with Crippen LogP contribution < -0.4 is 26.5 Å². The number of rotatable bonds is 5. The summed E-state index contributed by atoms with van der Waals surface area (Å²) in [5.74, 6) is 1.36. The van der Waals surface area contributed by atoms with Crippen LogP contribution in [0.15, 0.2) is 88.6 Å². The number of aliphatic imine (C=N–C) groups is 1. The highest BCUT2D eigenvalue weighted by Gasteiger charge is 2.44. The Morgan fingerprint density at radius 3 is 2.45 bits per heavy atom. The highest BCUT2D eigenvalue weighted by molar-refractivity contribution is 6.10. The second-order valence-corrected chi connectivity index (χ2v) is 9.93. The van der Waals surface area contributed by atoms with Crippen LogP contribution in [0.3, 0.4) is 0 Å². The number of hydrogen-bond acceptors (Lipinski definition) is 4. The molecule has 2 atom stereocenters. The molecule has 0 spiro atoms. The van der Waals surface area contributed by atoms with Crippen molar-refractivity contribution in [2.45, 2.75) is 37.9 Å². The Balaban J connectivity index is 1.37. The number of anilines is 3. The zero-order valence-electron chi connectivity index (χ0n) is 21.2. The number of nitrogens with one attached hydrogen (secondary N) is 2. The van der Waals surface area contributed by atoms with Gasteiger partial charge in [0.15, 0.2) is 5.56 Å². The van der Waals surface area contributed by atoms with Gasteiger partial charge in [0.1, 0.15) is 17.7 Å². The van der Waals surface area contributed by atoms with E-state index in [1.165, 1.54) is 12.1 Å². The van der Waals surface area contributed by atoms with Crippen LogP contribution in [-0.2, 0) is 13.6 Å². The van der Waals surface area contributed by atoms with Gasteiger partial charge in [-0.15, -0.1) is 0 Å². The molecule has 1 aliphatic carbocycles. The van der Waals surface area contributed by atoms with Crippen molar-refractivity contribution >= 4 is 23.3 Å². The molecule has 1 fully saturated rings. The van der Waals surface area contributed by atoms with E-state index in [4.69, 9.17) is 10.7 Å². The molecule has 0 unspecified atom stereocenters. The minimum atomic E-state index is -0.257. The topological polar surface area (TPSA) is 88.3 Å². The first-order chi connectivity index (χ1) is 18.5. The van der Waals surface area contributed by atoms with Crippen molar-refractivity contribution in [2.24, 2.45) is 12.0 Å². The van der Waals surface area contributed by atoms with E-state index < -0.39 is 0 Å². The van der Waals surface area contributed by atoms with E-state index in [-0.39, 0.29) is 17.4 Å². The molecule has 7 nitrogen and oxygen atoms in total. The number of benzene rings is 3. The molecule has 4 N–H and O–H groups in total. The normalized spacial score (nSPS) is 18.1. The smallest absolute Gasteiger partial charge is 0.320 e. The average molecular weight is 510 g/mol. The van der Waals surface area contributed by atoms with Crippen LogP contribution in [0.1, 0.15) is 36.4 Å². The van der Waals surface area contributed by atoms with Gasteiger partial charge in [0.05, 0.1) is 19.6 Å². The number of para-hydroxylation sites is 1. The molecule has 4 aromatic rings. The summed E-state index contributed by atoms with van der Waals surface area (Å²) in [6.45, 7) is 0.355. The molecule has 1 aromatic heterocycles. The summed E-state index contributed by atoms with van der Waals surface area (Å²) in [5, 5.41) is 6.86. The third kappa shape index (κ3) is 4.32. The Bertz CT molecular complexity index is 1560. The fourth-order valence-electron chi connectivity index (χ4n) is 5.53. The number of halogens is 1. The summed E-state index contributed by atoms with van der Waals surface area (Å²) >= 11 is 0. The van der Waals surface area contributed by atoms with Gasteiger partial charge in [-0.2, -0.15) is 0 Å². The van der Waals surface area contributed by atoms with E-state index in [1.54, 1.807) is 23.7 Å². The number of nitrogen functional groups attached to an aromatic ring is 1. The molecule has 2 aliphatic rings. The maximum Gasteiger partial charge on any atom is 0.320 e. The molecular weight excluding hydrogens is 479 g/mol. The highest BCUT2D eigenvalue weighted by atomic mass is 19.1. The molecular formula is C30H30FN6O+. The molecule has 3 aromatic carbocycles. The Hall–Kier alpha value is -4.46. The maximum atomic E-state index is 13.6. The van der Waals surface area contributed by atoms with E-state index in [2.05, 4.69) is 15.2 Å². The van der Waals surface area contributed by atoms with E-state index in [0.29, 0.717) is 29.8 Å². The van der Waals surface area contributed by atoms with Crippen molar-refractivity contribution in [3.63, 3.8) is 0 Å². The quantitative estimate of drug-likeness (QED) is 0.208. The van der Waals surface area contributed by atoms with Gasteiger partial charge in [0, 0.05) is 5.69 Å². The van der Waals surface area contributed by atoms with Crippen molar-refractivity contribution in [1.82, 2.24) is 4.57 Å². The predicted molar refractivity (Wildman–Crippen MR) is 149 cm³/mol. The zero-order chi connectivity index (χ0) is 26.2. The number of aromatic nitrogens is 2. The molecule has 6 rings (SSSR count). The fourth-order valence-corrected chi connectivity index (χ4v) is 5.53. The molecule has 0 saturated heterocycles. The fraction of sp³-hybridized carbons (Fsp3) is 0.233. The van der Waals surface area contributed by atoms with Gasteiger partial charge in [-0.1, -0.05) is 54.6 Å². The summed E-state index contributed by atoms with van der Waals surface area (Å²) in [5.41, 5.74) is 10.6. The van der Waals surface area contributed by atoms with E-state index in [9.17, 15) is 9.18 Å². The van der Waals surface area contributed by atoms with Gasteiger partial charge in [0.2, 0.25) is 5.82 Å². The molecule has 38 heavy (non-hydrogen) atoms. The molecule has 192 valence electrons. The number of fused-ring (bicyclic) bond motifs is 3. The number of nitrogens with two attached hydrogens (primary N) is 1. The van der Waals surface area contributed by atoms with Gasteiger partial charge in [0.25, 0.3) is 0 Å². The van der Waals surface area contributed by atoms with Gasteiger partial charge < -0.3 is 11.1 Å². The molecule has 8 heteroatoms. The molecule has 2 heterocycles. The second-order valence-electron chi connectivity index (χ2n) is 9.93. The van der Waals surface area contributed by atoms with Gasteiger partial charge >= 0.3 is 11.5 Å². The van der Waals surface area contributed by atoms with Crippen LogP contribution in [0.25, 0.3) is 11.1 Å². The third-order valence-electron chi connectivity index (χ3n) is 7.53. The lowest BCUT2D eigenvalue weighted by Crippen LogP contribution is -2.47. The van der Waals surface area contributed by atoms with E-state index in [0.717, 1.165) is 47.6 Å². The SMILES string of the molecule is Cn1c2[n+](c(N)c(C(=NCc3ccc(-c4ccc(F)cc4)cc3)Nc3ccccc3)c1=O)[C@H]1CCC[C@H]1N2. The number of nitrogens with zero attached hydrogens (tertiary/aromatic N) is 3. The first-order valence-electron chi connectivity index (χ1n) is 12.9. The minimum Gasteiger partial charge on any atom is -0.340 e. The zero-order valence-corrected chi connectivity index (χ0v) is 21.2. The Labute approximate surface area is 220 Å². The van der Waals surface area contributed by atoms with Gasteiger partial charge in [-0.3, -0.25) is 15.1 Å². The van der Waals surface area contributed by atoms with Crippen LogP contribution in [0, 0.1) is 5.82 Å². The number of amidine groups is 1. The lowest BCUT2D eigenvalue weighted by Gasteiger charge is -2.16. The predicted octanol–water partition coefficient (Wildman–Crippen LogP) is 4.64. The van der Waals surface area contributed by atoms with Crippen molar-refractivity contribution in [3.05, 3.63) is 106 Å². The molecule has 0 amide bonds. The van der Waals surface area contributed by atoms with E-state index in [1.807, 2.05) is 54.6 Å². The van der Waals surface area contributed by atoms with Crippen LogP contribution >= 0.6 is 0 Å². The largest absolute Gasteiger partial charge is 0.340 e. The summed E-state index contributed by atoms with van der Waals surface area (Å²) in [6, 6.07) is 24.6. The molecule has 1 aliphatic heterocycles. The molecule has 1 saturated carbocycles.